The van der Waals surface area contributed by atoms with Crippen LogP contribution in [0.3, 0.4) is 0 Å². The van der Waals surface area contributed by atoms with Gasteiger partial charge in [-0.2, -0.15) is 0 Å². The van der Waals surface area contributed by atoms with E-state index in [1.165, 1.54) is 10.5 Å². The Morgan fingerprint density at radius 1 is 1.06 bits per heavy atom. The van der Waals surface area contributed by atoms with Crippen molar-refractivity contribution < 1.29 is 14.4 Å². The predicted octanol–water partition coefficient (Wildman–Crippen LogP) is 2.26. The molecule has 4 amide bonds. The van der Waals surface area contributed by atoms with Gasteiger partial charge in [0.15, 0.2) is 0 Å². The highest BCUT2D eigenvalue weighted by Crippen LogP contribution is 2.32. The summed E-state index contributed by atoms with van der Waals surface area (Å²) in [5.74, 6) is 0.0625. The summed E-state index contributed by atoms with van der Waals surface area (Å²) in [6.45, 7) is 7.62. The zero-order chi connectivity index (χ0) is 22.0. The van der Waals surface area contributed by atoms with Gasteiger partial charge in [0.2, 0.25) is 5.91 Å². The van der Waals surface area contributed by atoms with Gasteiger partial charge in [0.05, 0.1) is 0 Å². The van der Waals surface area contributed by atoms with E-state index in [4.69, 9.17) is 0 Å². The SMILES string of the molecule is CC(C)C(=O)N1CCC(N2C(=O)NC3(CCN(CCc4ccccc4)CC3)C2=O)CC1. The number of piperidine rings is 2. The first-order chi connectivity index (χ1) is 14.9. The second-order valence-corrected chi connectivity index (χ2v) is 9.48. The number of carbonyl (C=O) groups excluding carboxylic acids is 3. The summed E-state index contributed by atoms with van der Waals surface area (Å²) in [6, 6.07) is 10.1. The lowest BCUT2D eigenvalue weighted by Gasteiger charge is -2.39. The monoisotopic (exact) mass is 426 g/mol. The molecule has 3 saturated heterocycles. The maximum absolute atomic E-state index is 13.3. The average Bonchev–Trinajstić information content (AvgIpc) is 3.02. The summed E-state index contributed by atoms with van der Waals surface area (Å²) in [7, 11) is 0. The minimum absolute atomic E-state index is 0.0244. The molecule has 168 valence electrons. The lowest BCUT2D eigenvalue weighted by Crippen LogP contribution is -2.56. The van der Waals surface area contributed by atoms with Crippen molar-refractivity contribution in [2.45, 2.75) is 57.5 Å². The number of hydrogen-bond donors (Lipinski definition) is 1. The van der Waals surface area contributed by atoms with E-state index in [9.17, 15) is 14.4 Å². The third-order valence-electron chi connectivity index (χ3n) is 7.10. The molecule has 3 aliphatic rings. The summed E-state index contributed by atoms with van der Waals surface area (Å²) < 4.78 is 0. The first-order valence-electron chi connectivity index (χ1n) is 11.6. The smallest absolute Gasteiger partial charge is 0.325 e. The number of benzene rings is 1. The lowest BCUT2D eigenvalue weighted by molar-refractivity contribution is -0.138. The minimum Gasteiger partial charge on any atom is -0.342 e. The van der Waals surface area contributed by atoms with Crippen LogP contribution in [0.15, 0.2) is 30.3 Å². The second-order valence-electron chi connectivity index (χ2n) is 9.48. The summed E-state index contributed by atoms with van der Waals surface area (Å²) in [4.78, 5) is 44.1. The Balaban J connectivity index is 1.31. The third-order valence-corrected chi connectivity index (χ3v) is 7.10. The number of likely N-dealkylation sites (tertiary alicyclic amines) is 2. The van der Waals surface area contributed by atoms with E-state index in [2.05, 4.69) is 34.5 Å². The first-order valence-corrected chi connectivity index (χ1v) is 11.6. The van der Waals surface area contributed by atoms with Gasteiger partial charge in [0, 0.05) is 44.7 Å². The summed E-state index contributed by atoms with van der Waals surface area (Å²) >= 11 is 0. The van der Waals surface area contributed by atoms with Crippen LogP contribution in [0.2, 0.25) is 0 Å². The normalized spacial score (nSPS) is 22.4. The molecule has 0 bridgehead atoms. The van der Waals surface area contributed by atoms with Crippen LogP contribution >= 0.6 is 0 Å². The molecule has 1 aromatic rings. The second kappa shape index (κ2) is 8.99. The van der Waals surface area contributed by atoms with Gasteiger partial charge >= 0.3 is 6.03 Å². The highest BCUT2D eigenvalue weighted by molar-refractivity contribution is 6.07. The van der Waals surface area contributed by atoms with Crippen molar-refractivity contribution in [2.24, 2.45) is 5.92 Å². The Morgan fingerprint density at radius 3 is 2.32 bits per heavy atom. The molecule has 1 spiro atoms. The lowest BCUT2D eigenvalue weighted by atomic mass is 9.86. The van der Waals surface area contributed by atoms with Gasteiger partial charge in [0.25, 0.3) is 5.91 Å². The Labute approximate surface area is 184 Å². The number of rotatable bonds is 5. The fourth-order valence-corrected chi connectivity index (χ4v) is 5.11. The predicted molar refractivity (Wildman–Crippen MR) is 118 cm³/mol. The molecule has 0 atom stereocenters. The van der Waals surface area contributed by atoms with Gasteiger partial charge in [-0.05, 0) is 37.7 Å². The molecule has 3 heterocycles. The van der Waals surface area contributed by atoms with Crippen LogP contribution in [0, 0.1) is 5.92 Å². The molecule has 0 aliphatic carbocycles. The molecule has 3 aliphatic heterocycles. The third kappa shape index (κ3) is 4.47. The summed E-state index contributed by atoms with van der Waals surface area (Å²) in [6.07, 6.45) is 3.64. The number of nitrogens with zero attached hydrogens (tertiary/aromatic N) is 3. The van der Waals surface area contributed by atoms with E-state index in [0.717, 1.165) is 26.1 Å². The number of nitrogens with one attached hydrogen (secondary N) is 1. The maximum Gasteiger partial charge on any atom is 0.325 e. The first kappa shape index (κ1) is 21.8. The Bertz CT molecular complexity index is 809. The van der Waals surface area contributed by atoms with Gasteiger partial charge in [-0.15, -0.1) is 0 Å². The molecule has 0 unspecified atom stereocenters. The molecule has 4 rings (SSSR count). The van der Waals surface area contributed by atoms with Crippen molar-refractivity contribution in [3.05, 3.63) is 35.9 Å². The van der Waals surface area contributed by atoms with Crippen LogP contribution in [-0.4, -0.2) is 76.8 Å². The van der Waals surface area contributed by atoms with Gasteiger partial charge in [-0.25, -0.2) is 4.79 Å². The van der Waals surface area contributed by atoms with E-state index in [-0.39, 0.29) is 29.8 Å². The number of hydrogen-bond acceptors (Lipinski definition) is 4. The van der Waals surface area contributed by atoms with Crippen LogP contribution in [0.25, 0.3) is 0 Å². The molecular weight excluding hydrogens is 392 g/mol. The molecule has 7 heteroatoms. The zero-order valence-corrected chi connectivity index (χ0v) is 18.7. The van der Waals surface area contributed by atoms with Crippen molar-refractivity contribution in [1.82, 2.24) is 20.0 Å². The molecule has 0 aromatic heterocycles. The molecule has 7 nitrogen and oxygen atoms in total. The zero-order valence-electron chi connectivity index (χ0n) is 18.7. The van der Waals surface area contributed by atoms with Crippen LogP contribution in [0.4, 0.5) is 4.79 Å². The average molecular weight is 427 g/mol. The quantitative estimate of drug-likeness (QED) is 0.733. The standard InChI is InChI=1S/C24H34N4O3/c1-18(2)21(29)27-14-9-20(10-15-27)28-22(30)24(25-23(28)31)11-16-26(17-12-24)13-8-19-6-4-3-5-7-19/h3-7,18,20H,8-17H2,1-2H3,(H,25,31). The molecular formula is C24H34N4O3. The van der Waals surface area contributed by atoms with Crippen LogP contribution in [0.5, 0.6) is 0 Å². The Morgan fingerprint density at radius 2 is 1.71 bits per heavy atom. The largest absolute Gasteiger partial charge is 0.342 e. The molecule has 1 N–H and O–H groups in total. The van der Waals surface area contributed by atoms with E-state index < -0.39 is 5.54 Å². The van der Waals surface area contributed by atoms with Crippen molar-refractivity contribution in [2.75, 3.05) is 32.7 Å². The van der Waals surface area contributed by atoms with Crippen molar-refractivity contribution >= 4 is 17.8 Å². The molecule has 3 fully saturated rings. The van der Waals surface area contributed by atoms with E-state index in [0.29, 0.717) is 38.8 Å². The van der Waals surface area contributed by atoms with Crippen molar-refractivity contribution in [1.29, 1.82) is 0 Å². The van der Waals surface area contributed by atoms with Crippen LogP contribution < -0.4 is 5.32 Å². The minimum atomic E-state index is -0.745. The number of imide groups is 1. The number of carbonyl (C=O) groups is 3. The highest BCUT2D eigenvalue weighted by atomic mass is 16.2. The van der Waals surface area contributed by atoms with Gasteiger partial charge in [0.1, 0.15) is 5.54 Å². The van der Waals surface area contributed by atoms with Crippen LogP contribution in [-0.2, 0) is 16.0 Å². The van der Waals surface area contributed by atoms with Gasteiger partial charge in [-0.1, -0.05) is 44.2 Å². The fraction of sp³-hybridized carbons (Fsp3) is 0.625. The Kier molecular flexibility index (Phi) is 6.32. The molecule has 31 heavy (non-hydrogen) atoms. The number of urea groups is 1. The van der Waals surface area contributed by atoms with Gasteiger partial charge in [-0.3, -0.25) is 14.5 Å². The fourth-order valence-electron chi connectivity index (χ4n) is 5.11. The highest BCUT2D eigenvalue weighted by Gasteiger charge is 2.54. The molecule has 1 aromatic carbocycles. The Hall–Kier alpha value is -2.41. The molecule has 0 saturated carbocycles. The summed E-state index contributed by atoms with van der Waals surface area (Å²) in [5.41, 5.74) is 0.576. The number of amides is 4. The molecule has 0 radical (unpaired) electrons. The summed E-state index contributed by atoms with van der Waals surface area (Å²) in [5, 5.41) is 3.04. The van der Waals surface area contributed by atoms with Crippen molar-refractivity contribution in [3.8, 4) is 0 Å². The van der Waals surface area contributed by atoms with E-state index in [1.54, 1.807) is 0 Å². The van der Waals surface area contributed by atoms with Crippen molar-refractivity contribution in [3.63, 3.8) is 0 Å². The van der Waals surface area contributed by atoms with E-state index >= 15 is 0 Å². The van der Waals surface area contributed by atoms with Gasteiger partial charge < -0.3 is 15.1 Å². The maximum atomic E-state index is 13.3. The topological polar surface area (TPSA) is 73.0 Å². The van der Waals surface area contributed by atoms with Crippen LogP contribution in [0.1, 0.15) is 45.1 Å². The van der Waals surface area contributed by atoms with E-state index in [1.807, 2.05) is 24.8 Å².